The van der Waals surface area contributed by atoms with Gasteiger partial charge >= 0.3 is 6.18 Å². The van der Waals surface area contributed by atoms with Gasteiger partial charge in [-0.3, -0.25) is 4.39 Å². The Hall–Kier alpha value is -2.63. The van der Waals surface area contributed by atoms with E-state index in [-0.39, 0.29) is 17.3 Å². The molecule has 0 saturated carbocycles. The fraction of sp³-hybridized carbons (Fsp3) is 0.355. The second-order valence-electron chi connectivity index (χ2n) is 10.1. The summed E-state index contributed by atoms with van der Waals surface area (Å²) in [6.07, 6.45) is -0.916. The minimum Gasteiger partial charge on any atom is -0.303 e. The van der Waals surface area contributed by atoms with E-state index in [1.165, 1.54) is 11.6 Å². The monoisotopic (exact) mass is 527 g/mol. The number of fused-ring (bicyclic) bond motifs is 1. The molecular formula is C31H30ClF4N. The van der Waals surface area contributed by atoms with Crippen LogP contribution in [0.1, 0.15) is 52.6 Å². The highest BCUT2D eigenvalue weighted by atomic mass is 35.5. The molecule has 3 aromatic rings. The lowest BCUT2D eigenvalue weighted by Crippen LogP contribution is -2.47. The molecule has 1 aliphatic heterocycles. The first-order valence-corrected chi connectivity index (χ1v) is 13.3. The summed E-state index contributed by atoms with van der Waals surface area (Å²) in [6.45, 7) is 2.51. The predicted octanol–water partition coefficient (Wildman–Crippen LogP) is 8.49. The lowest BCUT2D eigenvalue weighted by atomic mass is 9.85. The molecule has 1 nitrogen and oxygen atoms in total. The van der Waals surface area contributed by atoms with Crippen molar-refractivity contribution >= 4 is 22.7 Å². The Labute approximate surface area is 220 Å². The van der Waals surface area contributed by atoms with E-state index < -0.39 is 11.7 Å². The number of likely N-dealkylation sites (tertiary alicyclic amines) is 1. The van der Waals surface area contributed by atoms with Gasteiger partial charge in [-0.05, 0) is 83.1 Å². The van der Waals surface area contributed by atoms with Crippen molar-refractivity contribution in [1.29, 1.82) is 0 Å². The molecule has 0 aromatic heterocycles. The maximum Gasteiger partial charge on any atom is 0.418 e. The van der Waals surface area contributed by atoms with Crippen LogP contribution in [0.4, 0.5) is 17.6 Å². The van der Waals surface area contributed by atoms with Gasteiger partial charge in [-0.1, -0.05) is 72.3 Å². The van der Waals surface area contributed by atoms with Gasteiger partial charge in [0.05, 0.1) is 17.3 Å². The maximum atomic E-state index is 14.2. The van der Waals surface area contributed by atoms with E-state index in [9.17, 15) is 17.6 Å². The third kappa shape index (κ3) is 5.63. The summed E-state index contributed by atoms with van der Waals surface area (Å²) in [5.41, 5.74) is 5.21. The number of rotatable bonds is 7. The van der Waals surface area contributed by atoms with Crippen LogP contribution in [-0.2, 0) is 19.0 Å². The summed E-state index contributed by atoms with van der Waals surface area (Å²) in [4.78, 5) is 2.28. The Bertz CT molecular complexity index is 1270. The van der Waals surface area contributed by atoms with Crippen LogP contribution >= 0.6 is 11.6 Å². The van der Waals surface area contributed by atoms with E-state index in [0.717, 1.165) is 61.2 Å². The number of hydrogen-bond acceptors (Lipinski definition) is 1. The van der Waals surface area contributed by atoms with E-state index in [2.05, 4.69) is 23.1 Å². The minimum absolute atomic E-state index is 0.165. The maximum absolute atomic E-state index is 14.2. The van der Waals surface area contributed by atoms with Gasteiger partial charge in [0.2, 0.25) is 0 Å². The Balaban J connectivity index is 1.53. The number of benzene rings is 3. The zero-order valence-electron chi connectivity index (χ0n) is 20.6. The van der Waals surface area contributed by atoms with Crippen molar-refractivity contribution in [3.05, 3.63) is 105 Å². The number of hydrogen-bond donors (Lipinski definition) is 0. The van der Waals surface area contributed by atoms with Gasteiger partial charge in [0.15, 0.2) is 0 Å². The SMILES string of the molecule is FCCCN1CC(Cc2ccc(C3=C(c4cccc(Cl)c4C(F)(F)F)CCCc4ccccc43)cc2)C1. The van der Waals surface area contributed by atoms with Gasteiger partial charge in [-0.15, -0.1) is 0 Å². The van der Waals surface area contributed by atoms with Crippen molar-refractivity contribution in [2.45, 2.75) is 38.3 Å². The first-order chi connectivity index (χ1) is 17.8. The molecule has 0 radical (unpaired) electrons. The summed E-state index contributed by atoms with van der Waals surface area (Å²) in [7, 11) is 0. The fourth-order valence-corrected chi connectivity index (χ4v) is 6.08. The van der Waals surface area contributed by atoms with Crippen molar-refractivity contribution in [2.75, 3.05) is 26.3 Å². The van der Waals surface area contributed by atoms with Gasteiger partial charge in [0, 0.05) is 19.6 Å². The molecule has 1 fully saturated rings. The lowest BCUT2D eigenvalue weighted by molar-refractivity contribution is -0.137. The van der Waals surface area contributed by atoms with E-state index in [0.29, 0.717) is 24.3 Å². The standard InChI is InChI=1S/C31H30ClF4N/c32-28-11-4-10-27(30(28)31(34,35)36)26-9-3-7-23-6-1-2-8-25(23)29(26)24-14-12-21(13-15-24)18-22-19-37(20-22)17-5-16-33/h1-2,4,6,8,10-15,22H,3,5,7,9,16-20H2. The molecule has 0 spiro atoms. The summed E-state index contributed by atoms with van der Waals surface area (Å²) in [5, 5.41) is -0.272. The number of aryl methyl sites for hydroxylation is 1. The van der Waals surface area contributed by atoms with Crippen molar-refractivity contribution in [3.63, 3.8) is 0 Å². The largest absolute Gasteiger partial charge is 0.418 e. The van der Waals surface area contributed by atoms with E-state index in [1.54, 1.807) is 12.1 Å². The second kappa shape index (κ2) is 11.0. The van der Waals surface area contributed by atoms with E-state index in [1.807, 2.05) is 30.3 Å². The van der Waals surface area contributed by atoms with Crippen LogP contribution in [0.3, 0.4) is 0 Å². The van der Waals surface area contributed by atoms with Gasteiger partial charge in [0.1, 0.15) is 0 Å². The first-order valence-electron chi connectivity index (χ1n) is 12.9. The molecule has 0 unspecified atom stereocenters. The average Bonchev–Trinajstić information content (AvgIpc) is 3.04. The molecule has 194 valence electrons. The zero-order valence-corrected chi connectivity index (χ0v) is 21.4. The van der Waals surface area contributed by atoms with Crippen LogP contribution in [0.15, 0.2) is 66.7 Å². The topological polar surface area (TPSA) is 3.24 Å². The van der Waals surface area contributed by atoms with Crippen LogP contribution in [-0.4, -0.2) is 31.2 Å². The number of allylic oxidation sites excluding steroid dienone is 1. The highest BCUT2D eigenvalue weighted by Crippen LogP contribution is 2.46. The minimum atomic E-state index is -4.55. The Morgan fingerprint density at radius 3 is 2.32 bits per heavy atom. The molecule has 0 amide bonds. The van der Waals surface area contributed by atoms with Gasteiger partial charge in [-0.2, -0.15) is 13.2 Å². The molecule has 0 N–H and O–H groups in total. The quantitative estimate of drug-likeness (QED) is 0.278. The molecule has 5 rings (SSSR count). The molecular weight excluding hydrogens is 498 g/mol. The molecule has 1 saturated heterocycles. The molecule has 6 heteroatoms. The average molecular weight is 528 g/mol. The van der Waals surface area contributed by atoms with Crippen molar-refractivity contribution in [2.24, 2.45) is 5.92 Å². The van der Waals surface area contributed by atoms with Crippen molar-refractivity contribution in [3.8, 4) is 0 Å². The summed E-state index contributed by atoms with van der Waals surface area (Å²) >= 11 is 6.13. The third-order valence-electron chi connectivity index (χ3n) is 7.49. The Morgan fingerprint density at radius 2 is 1.59 bits per heavy atom. The lowest BCUT2D eigenvalue weighted by Gasteiger charge is -2.39. The number of alkyl halides is 4. The number of halogens is 5. The highest BCUT2D eigenvalue weighted by molar-refractivity contribution is 6.31. The number of nitrogens with zero attached hydrogens (tertiary/aromatic N) is 1. The fourth-order valence-electron chi connectivity index (χ4n) is 5.80. The normalized spacial score (nSPS) is 16.9. The Kier molecular flexibility index (Phi) is 7.73. The van der Waals surface area contributed by atoms with Crippen LogP contribution in [0.25, 0.3) is 11.1 Å². The molecule has 2 aliphatic rings. The molecule has 0 bridgehead atoms. The van der Waals surface area contributed by atoms with Gasteiger partial charge < -0.3 is 4.90 Å². The van der Waals surface area contributed by atoms with E-state index >= 15 is 0 Å². The smallest absolute Gasteiger partial charge is 0.303 e. The van der Waals surface area contributed by atoms with Crippen molar-refractivity contribution < 1.29 is 17.6 Å². The third-order valence-corrected chi connectivity index (χ3v) is 7.81. The van der Waals surface area contributed by atoms with Crippen molar-refractivity contribution in [1.82, 2.24) is 4.90 Å². The highest BCUT2D eigenvalue weighted by Gasteiger charge is 2.37. The zero-order chi connectivity index (χ0) is 26.0. The van der Waals surface area contributed by atoms with Gasteiger partial charge in [-0.25, -0.2) is 0 Å². The second-order valence-corrected chi connectivity index (χ2v) is 10.5. The van der Waals surface area contributed by atoms with Crippen LogP contribution in [0.5, 0.6) is 0 Å². The summed E-state index contributed by atoms with van der Waals surface area (Å²) in [5.74, 6) is 0.555. The van der Waals surface area contributed by atoms with Crippen LogP contribution in [0, 0.1) is 5.92 Å². The van der Waals surface area contributed by atoms with Gasteiger partial charge in [0.25, 0.3) is 0 Å². The Morgan fingerprint density at radius 1 is 0.865 bits per heavy atom. The molecule has 0 atom stereocenters. The van der Waals surface area contributed by atoms with E-state index in [4.69, 9.17) is 11.6 Å². The molecule has 1 heterocycles. The predicted molar refractivity (Wildman–Crippen MR) is 142 cm³/mol. The molecule has 37 heavy (non-hydrogen) atoms. The van der Waals surface area contributed by atoms with Crippen LogP contribution < -0.4 is 0 Å². The molecule has 3 aromatic carbocycles. The van der Waals surface area contributed by atoms with Crippen LogP contribution in [0.2, 0.25) is 5.02 Å². The summed E-state index contributed by atoms with van der Waals surface area (Å²) < 4.78 is 54.9. The summed E-state index contributed by atoms with van der Waals surface area (Å²) in [6, 6.07) is 20.8. The molecule has 1 aliphatic carbocycles. The first kappa shape index (κ1) is 26.0.